The van der Waals surface area contributed by atoms with Gasteiger partial charge in [0.25, 0.3) is 0 Å². The molecular formula is C14H22BrFN4O. The van der Waals surface area contributed by atoms with Crippen molar-refractivity contribution in [3.63, 3.8) is 0 Å². The number of aromatic nitrogens is 2. The Labute approximate surface area is 132 Å². The van der Waals surface area contributed by atoms with Gasteiger partial charge in [-0.25, -0.2) is 9.37 Å². The van der Waals surface area contributed by atoms with E-state index in [1.807, 2.05) is 0 Å². The van der Waals surface area contributed by atoms with Crippen LogP contribution in [0.15, 0.2) is 10.7 Å². The predicted molar refractivity (Wildman–Crippen MR) is 85.3 cm³/mol. The van der Waals surface area contributed by atoms with Crippen LogP contribution in [0.25, 0.3) is 0 Å². The van der Waals surface area contributed by atoms with Crippen LogP contribution in [-0.4, -0.2) is 39.9 Å². The molecule has 21 heavy (non-hydrogen) atoms. The quantitative estimate of drug-likeness (QED) is 0.726. The molecule has 0 spiro atoms. The Hall–Kier alpha value is -0.950. The molecule has 0 saturated heterocycles. The Morgan fingerprint density at radius 3 is 2.81 bits per heavy atom. The summed E-state index contributed by atoms with van der Waals surface area (Å²) in [5.41, 5.74) is 0. The minimum absolute atomic E-state index is 0.176. The van der Waals surface area contributed by atoms with Crippen molar-refractivity contribution in [2.45, 2.75) is 57.3 Å². The molecule has 1 saturated carbocycles. The first-order valence-electron chi connectivity index (χ1n) is 7.43. The van der Waals surface area contributed by atoms with Crippen molar-refractivity contribution in [2.24, 2.45) is 0 Å². The van der Waals surface area contributed by atoms with E-state index in [2.05, 4.69) is 36.5 Å². The van der Waals surface area contributed by atoms with Crippen LogP contribution < -0.4 is 10.6 Å². The van der Waals surface area contributed by atoms with Crippen LogP contribution in [0.3, 0.4) is 0 Å². The normalized spacial score (nSPS) is 23.6. The Balaban J connectivity index is 1.95. The predicted octanol–water partition coefficient (Wildman–Crippen LogP) is 3.11. The minimum atomic E-state index is -0.895. The molecule has 1 unspecified atom stereocenters. The first kappa shape index (κ1) is 16.4. The number of hydrogen-bond acceptors (Lipinski definition) is 5. The number of anilines is 2. The lowest BCUT2D eigenvalue weighted by Crippen LogP contribution is -2.28. The number of aliphatic hydroxyl groups excluding tert-OH is 1. The molecule has 1 fully saturated rings. The first-order chi connectivity index (χ1) is 10.1. The van der Waals surface area contributed by atoms with Crippen molar-refractivity contribution in [3.8, 4) is 0 Å². The van der Waals surface area contributed by atoms with Gasteiger partial charge in [0, 0.05) is 18.8 Å². The van der Waals surface area contributed by atoms with Crippen molar-refractivity contribution < 1.29 is 9.50 Å². The zero-order chi connectivity index (χ0) is 15.2. The van der Waals surface area contributed by atoms with Gasteiger partial charge in [0.2, 0.25) is 5.95 Å². The van der Waals surface area contributed by atoms with Crippen LogP contribution in [0, 0.1) is 0 Å². The SMILES string of the molecule is CCC(F)CNc1ncc(Br)c(NC2CCC(O)CC2)n1. The van der Waals surface area contributed by atoms with Gasteiger partial charge in [-0.2, -0.15) is 4.98 Å². The summed E-state index contributed by atoms with van der Waals surface area (Å²) in [6, 6.07) is 0.303. The second-order valence-corrected chi connectivity index (χ2v) is 6.28. The molecule has 1 aliphatic carbocycles. The molecule has 2 rings (SSSR count). The lowest BCUT2D eigenvalue weighted by atomic mass is 9.93. The van der Waals surface area contributed by atoms with Gasteiger partial charge in [0.05, 0.1) is 10.6 Å². The molecule has 5 nitrogen and oxygen atoms in total. The second kappa shape index (κ2) is 7.89. The number of halogens is 2. The average Bonchev–Trinajstić information content (AvgIpc) is 2.50. The van der Waals surface area contributed by atoms with E-state index in [-0.39, 0.29) is 12.6 Å². The first-order valence-corrected chi connectivity index (χ1v) is 8.22. The maximum absolute atomic E-state index is 13.2. The number of nitrogens with zero attached hydrogens (tertiary/aromatic N) is 2. The Morgan fingerprint density at radius 1 is 1.43 bits per heavy atom. The second-order valence-electron chi connectivity index (χ2n) is 5.43. The molecule has 1 atom stereocenters. The van der Waals surface area contributed by atoms with Gasteiger partial charge < -0.3 is 15.7 Å². The molecule has 1 aromatic rings. The highest BCUT2D eigenvalue weighted by atomic mass is 79.9. The summed E-state index contributed by atoms with van der Waals surface area (Å²) in [5.74, 6) is 1.13. The van der Waals surface area contributed by atoms with Crippen molar-refractivity contribution in [3.05, 3.63) is 10.7 Å². The molecule has 0 bridgehead atoms. The summed E-state index contributed by atoms with van der Waals surface area (Å²) < 4.78 is 14.0. The van der Waals surface area contributed by atoms with Crippen molar-refractivity contribution >= 4 is 27.7 Å². The highest BCUT2D eigenvalue weighted by Gasteiger charge is 2.20. The number of hydrogen-bond donors (Lipinski definition) is 3. The van der Waals surface area contributed by atoms with E-state index < -0.39 is 6.17 Å². The van der Waals surface area contributed by atoms with Gasteiger partial charge in [-0.1, -0.05) is 6.92 Å². The molecule has 0 aromatic carbocycles. The third kappa shape index (κ3) is 5.07. The topological polar surface area (TPSA) is 70.1 Å². The van der Waals surface area contributed by atoms with Crippen molar-refractivity contribution in [2.75, 3.05) is 17.2 Å². The van der Waals surface area contributed by atoms with E-state index >= 15 is 0 Å². The zero-order valence-corrected chi connectivity index (χ0v) is 13.7. The molecule has 7 heteroatoms. The summed E-state index contributed by atoms with van der Waals surface area (Å²) in [5, 5.41) is 15.8. The molecule has 1 aliphatic rings. The minimum Gasteiger partial charge on any atom is -0.393 e. The molecule has 0 aliphatic heterocycles. The monoisotopic (exact) mass is 360 g/mol. The van der Waals surface area contributed by atoms with E-state index in [4.69, 9.17) is 0 Å². The molecule has 1 heterocycles. The van der Waals surface area contributed by atoms with E-state index in [1.54, 1.807) is 13.1 Å². The van der Waals surface area contributed by atoms with Crippen LogP contribution >= 0.6 is 15.9 Å². The van der Waals surface area contributed by atoms with Gasteiger partial charge in [0.15, 0.2) is 0 Å². The molecule has 0 amide bonds. The van der Waals surface area contributed by atoms with E-state index in [1.165, 1.54) is 0 Å². The fraction of sp³-hybridized carbons (Fsp3) is 0.714. The molecule has 0 radical (unpaired) electrons. The maximum Gasteiger partial charge on any atom is 0.224 e. The average molecular weight is 361 g/mol. The highest BCUT2D eigenvalue weighted by molar-refractivity contribution is 9.10. The third-order valence-electron chi connectivity index (χ3n) is 3.71. The van der Waals surface area contributed by atoms with E-state index in [0.717, 1.165) is 30.2 Å². The standard InChI is InChI=1S/C14H22BrFN4O/c1-2-9(16)7-17-14-18-8-12(15)13(20-14)19-10-3-5-11(21)6-4-10/h8-11,21H,2-7H2,1H3,(H2,17,18,19,20). The van der Waals surface area contributed by atoms with Gasteiger partial charge in [-0.3, -0.25) is 0 Å². The Bertz CT molecular complexity index is 455. The van der Waals surface area contributed by atoms with Gasteiger partial charge in [0.1, 0.15) is 12.0 Å². The van der Waals surface area contributed by atoms with Crippen LogP contribution in [0.2, 0.25) is 0 Å². The molecular weight excluding hydrogens is 339 g/mol. The molecule has 1 aromatic heterocycles. The number of aliphatic hydroxyl groups is 1. The van der Waals surface area contributed by atoms with E-state index in [0.29, 0.717) is 24.2 Å². The van der Waals surface area contributed by atoms with Gasteiger partial charge in [-0.15, -0.1) is 0 Å². The van der Waals surface area contributed by atoms with Crippen LogP contribution in [0.1, 0.15) is 39.0 Å². The van der Waals surface area contributed by atoms with Crippen molar-refractivity contribution in [1.29, 1.82) is 0 Å². The van der Waals surface area contributed by atoms with Crippen LogP contribution in [0.5, 0.6) is 0 Å². The van der Waals surface area contributed by atoms with Crippen LogP contribution in [0.4, 0.5) is 16.2 Å². The molecule has 3 N–H and O–H groups in total. The number of rotatable bonds is 6. The lowest BCUT2D eigenvalue weighted by Gasteiger charge is -2.27. The summed E-state index contributed by atoms with van der Waals surface area (Å²) in [6.07, 6.45) is 4.52. The van der Waals surface area contributed by atoms with E-state index in [9.17, 15) is 9.50 Å². The lowest BCUT2D eigenvalue weighted by molar-refractivity contribution is 0.126. The highest BCUT2D eigenvalue weighted by Crippen LogP contribution is 2.26. The summed E-state index contributed by atoms with van der Waals surface area (Å²) >= 11 is 3.42. The Morgan fingerprint density at radius 2 is 2.14 bits per heavy atom. The number of alkyl halides is 1. The summed E-state index contributed by atoms with van der Waals surface area (Å²) in [7, 11) is 0. The van der Waals surface area contributed by atoms with Crippen molar-refractivity contribution in [1.82, 2.24) is 9.97 Å². The summed E-state index contributed by atoms with van der Waals surface area (Å²) in [4.78, 5) is 8.52. The molecule has 118 valence electrons. The number of nitrogens with one attached hydrogen (secondary N) is 2. The summed E-state index contributed by atoms with van der Waals surface area (Å²) in [6.45, 7) is 2.02. The van der Waals surface area contributed by atoms with Gasteiger partial charge in [-0.05, 0) is 48.0 Å². The largest absolute Gasteiger partial charge is 0.393 e. The Kier molecular flexibility index (Phi) is 6.17. The fourth-order valence-corrected chi connectivity index (χ4v) is 2.62. The smallest absolute Gasteiger partial charge is 0.224 e. The zero-order valence-electron chi connectivity index (χ0n) is 12.1. The maximum atomic E-state index is 13.2. The van der Waals surface area contributed by atoms with Crippen LogP contribution in [-0.2, 0) is 0 Å². The fourth-order valence-electron chi connectivity index (χ4n) is 2.31. The third-order valence-corrected chi connectivity index (χ3v) is 4.29. The van der Waals surface area contributed by atoms with Gasteiger partial charge >= 0.3 is 0 Å².